The highest BCUT2D eigenvalue weighted by molar-refractivity contribution is 5.99. The van der Waals surface area contributed by atoms with Crippen LogP contribution in [-0.4, -0.2) is 45.4 Å². The minimum absolute atomic E-state index is 0.00340. The number of nitrogens with zero attached hydrogens (tertiary/aromatic N) is 3. The fourth-order valence-electron chi connectivity index (χ4n) is 3.24. The number of hydrogen-bond acceptors (Lipinski definition) is 3. The Kier molecular flexibility index (Phi) is 4.22. The van der Waals surface area contributed by atoms with E-state index in [9.17, 15) is 9.90 Å². The molecule has 1 unspecified atom stereocenters. The number of hydrogen-bond donors (Lipinski definition) is 1. The molecule has 0 spiro atoms. The topological polar surface area (TPSA) is 58.4 Å². The predicted octanol–water partition coefficient (Wildman–Crippen LogP) is 2.32. The summed E-state index contributed by atoms with van der Waals surface area (Å²) in [6, 6.07) is 9.77. The van der Waals surface area contributed by atoms with Gasteiger partial charge in [-0.25, -0.2) is 0 Å². The van der Waals surface area contributed by atoms with E-state index in [1.54, 1.807) is 10.9 Å². The lowest BCUT2D eigenvalue weighted by atomic mass is 9.82. The lowest BCUT2D eigenvalue weighted by molar-refractivity contribution is 0.0358. The maximum absolute atomic E-state index is 13.0. The summed E-state index contributed by atoms with van der Waals surface area (Å²) in [5.41, 5.74) is 2.08. The molecule has 2 aromatic rings. The molecule has 1 aromatic heterocycles. The predicted molar refractivity (Wildman–Crippen MR) is 89.0 cm³/mol. The Balaban J connectivity index is 1.91. The second-order valence-electron chi connectivity index (χ2n) is 6.73. The van der Waals surface area contributed by atoms with Crippen LogP contribution in [0.15, 0.2) is 36.5 Å². The molecule has 0 aliphatic carbocycles. The van der Waals surface area contributed by atoms with E-state index >= 15 is 0 Å². The maximum Gasteiger partial charge on any atom is 0.257 e. The zero-order valence-corrected chi connectivity index (χ0v) is 13.7. The zero-order chi connectivity index (χ0) is 16.4. The van der Waals surface area contributed by atoms with E-state index < -0.39 is 0 Å². The monoisotopic (exact) mass is 313 g/mol. The summed E-state index contributed by atoms with van der Waals surface area (Å²) in [5.74, 6) is -0.00340. The summed E-state index contributed by atoms with van der Waals surface area (Å²) in [5, 5.41) is 14.1. The molecule has 2 heterocycles. The highest BCUT2D eigenvalue weighted by Gasteiger charge is 2.34. The van der Waals surface area contributed by atoms with Crippen LogP contribution in [0.3, 0.4) is 0 Å². The van der Waals surface area contributed by atoms with Gasteiger partial charge in [-0.15, -0.1) is 0 Å². The number of rotatable bonds is 3. The summed E-state index contributed by atoms with van der Waals surface area (Å²) in [6.07, 6.45) is 3.66. The Labute approximate surface area is 136 Å². The van der Waals surface area contributed by atoms with E-state index in [0.717, 1.165) is 30.6 Å². The minimum Gasteiger partial charge on any atom is -0.396 e. The molecule has 5 heteroatoms. The molecule has 122 valence electrons. The van der Waals surface area contributed by atoms with E-state index in [1.807, 2.05) is 49.2 Å². The number of piperidine rings is 1. The third-order valence-electron chi connectivity index (χ3n) is 4.56. The first-order valence-electron chi connectivity index (χ1n) is 8.02. The molecule has 1 aliphatic rings. The van der Waals surface area contributed by atoms with Crippen LogP contribution in [0.2, 0.25) is 0 Å². The fraction of sp³-hybridized carbons (Fsp3) is 0.444. The summed E-state index contributed by atoms with van der Waals surface area (Å²) >= 11 is 0. The maximum atomic E-state index is 13.0. The molecule has 0 saturated carbocycles. The number of aliphatic hydroxyl groups is 1. The Morgan fingerprint density at radius 2 is 2.09 bits per heavy atom. The zero-order valence-electron chi connectivity index (χ0n) is 13.7. The first kappa shape index (κ1) is 15.7. The van der Waals surface area contributed by atoms with Crippen molar-refractivity contribution in [3.05, 3.63) is 42.1 Å². The van der Waals surface area contributed by atoms with Crippen molar-refractivity contribution >= 4 is 5.91 Å². The quantitative estimate of drug-likeness (QED) is 0.946. The molecule has 3 rings (SSSR count). The van der Waals surface area contributed by atoms with Crippen LogP contribution in [0.4, 0.5) is 0 Å². The van der Waals surface area contributed by atoms with Crippen molar-refractivity contribution in [2.24, 2.45) is 12.5 Å². The second kappa shape index (κ2) is 6.16. The van der Waals surface area contributed by atoms with Crippen molar-refractivity contribution in [2.45, 2.75) is 19.8 Å². The van der Waals surface area contributed by atoms with E-state index in [2.05, 4.69) is 5.10 Å². The second-order valence-corrected chi connectivity index (χ2v) is 6.73. The number of benzene rings is 1. The highest BCUT2D eigenvalue weighted by Crippen LogP contribution is 2.31. The van der Waals surface area contributed by atoms with Gasteiger partial charge in [0.05, 0.1) is 12.2 Å². The van der Waals surface area contributed by atoms with Crippen molar-refractivity contribution < 1.29 is 9.90 Å². The van der Waals surface area contributed by atoms with Crippen LogP contribution >= 0.6 is 0 Å². The smallest absolute Gasteiger partial charge is 0.257 e. The molecule has 5 nitrogen and oxygen atoms in total. The highest BCUT2D eigenvalue weighted by atomic mass is 16.3. The van der Waals surface area contributed by atoms with Crippen LogP contribution < -0.4 is 0 Å². The minimum atomic E-state index is -0.205. The van der Waals surface area contributed by atoms with Crippen LogP contribution in [0.25, 0.3) is 11.3 Å². The van der Waals surface area contributed by atoms with Gasteiger partial charge in [0.1, 0.15) is 5.69 Å². The lowest BCUT2D eigenvalue weighted by Gasteiger charge is -2.39. The van der Waals surface area contributed by atoms with Crippen molar-refractivity contribution in [3.8, 4) is 11.3 Å². The molecule has 1 atom stereocenters. The van der Waals surface area contributed by atoms with Crippen LogP contribution in [0, 0.1) is 5.41 Å². The third-order valence-corrected chi connectivity index (χ3v) is 4.56. The van der Waals surface area contributed by atoms with Crippen LogP contribution in [0.5, 0.6) is 0 Å². The van der Waals surface area contributed by atoms with Gasteiger partial charge in [0.15, 0.2) is 0 Å². The Morgan fingerprint density at radius 1 is 1.35 bits per heavy atom. The molecular formula is C18H23N3O2. The number of aromatic nitrogens is 2. The van der Waals surface area contributed by atoms with Gasteiger partial charge in [0.25, 0.3) is 5.91 Å². The number of carbonyl (C=O) groups is 1. The van der Waals surface area contributed by atoms with Gasteiger partial charge in [-0.2, -0.15) is 5.10 Å². The van der Waals surface area contributed by atoms with Gasteiger partial charge in [-0.1, -0.05) is 37.3 Å². The molecule has 1 aromatic carbocycles. The molecule has 1 amide bonds. The van der Waals surface area contributed by atoms with Crippen LogP contribution in [0.1, 0.15) is 30.1 Å². The van der Waals surface area contributed by atoms with E-state index in [-0.39, 0.29) is 17.9 Å². The molecule has 1 fully saturated rings. The van der Waals surface area contributed by atoms with Crippen LogP contribution in [-0.2, 0) is 7.05 Å². The summed E-state index contributed by atoms with van der Waals surface area (Å²) < 4.78 is 1.69. The fourth-order valence-corrected chi connectivity index (χ4v) is 3.24. The van der Waals surface area contributed by atoms with E-state index in [0.29, 0.717) is 12.1 Å². The molecule has 0 bridgehead atoms. The van der Waals surface area contributed by atoms with Gasteiger partial charge in [-0.3, -0.25) is 9.48 Å². The van der Waals surface area contributed by atoms with Gasteiger partial charge in [-0.05, 0) is 12.8 Å². The standard InChI is InChI=1S/C18H23N3O2/c1-18(13-22)9-6-10-21(12-18)17(23)15-11-20(2)19-16(15)14-7-4-3-5-8-14/h3-5,7-8,11,22H,6,9-10,12-13H2,1-2H3. The Hall–Kier alpha value is -2.14. The lowest BCUT2D eigenvalue weighted by Crippen LogP contribution is -2.46. The number of aryl methyl sites for hydroxylation is 1. The van der Waals surface area contributed by atoms with E-state index in [4.69, 9.17) is 0 Å². The Morgan fingerprint density at radius 3 is 2.78 bits per heavy atom. The number of aliphatic hydroxyl groups excluding tert-OH is 1. The average Bonchev–Trinajstić information content (AvgIpc) is 2.97. The van der Waals surface area contributed by atoms with Crippen molar-refractivity contribution in [2.75, 3.05) is 19.7 Å². The molecule has 23 heavy (non-hydrogen) atoms. The molecule has 0 radical (unpaired) electrons. The third kappa shape index (κ3) is 3.15. The van der Waals surface area contributed by atoms with Crippen molar-refractivity contribution in [1.29, 1.82) is 0 Å². The first-order valence-corrected chi connectivity index (χ1v) is 8.02. The van der Waals surface area contributed by atoms with Gasteiger partial charge < -0.3 is 10.0 Å². The number of amides is 1. The summed E-state index contributed by atoms with van der Waals surface area (Å²) in [7, 11) is 1.83. The van der Waals surface area contributed by atoms with Gasteiger partial charge >= 0.3 is 0 Å². The molecule has 1 aliphatic heterocycles. The molecule has 1 saturated heterocycles. The average molecular weight is 313 g/mol. The first-order chi connectivity index (χ1) is 11.0. The largest absolute Gasteiger partial charge is 0.396 e. The molecular weight excluding hydrogens is 290 g/mol. The normalized spacial score (nSPS) is 21.4. The summed E-state index contributed by atoms with van der Waals surface area (Å²) in [4.78, 5) is 14.9. The van der Waals surface area contributed by atoms with Crippen molar-refractivity contribution in [1.82, 2.24) is 14.7 Å². The number of likely N-dealkylation sites (tertiary alicyclic amines) is 1. The van der Waals surface area contributed by atoms with Crippen molar-refractivity contribution in [3.63, 3.8) is 0 Å². The van der Waals surface area contributed by atoms with Gasteiger partial charge in [0.2, 0.25) is 0 Å². The Bertz CT molecular complexity index is 696. The van der Waals surface area contributed by atoms with Gasteiger partial charge in [0, 0.05) is 37.3 Å². The SMILES string of the molecule is Cn1cc(C(=O)N2CCCC(C)(CO)C2)c(-c2ccccc2)n1. The summed E-state index contributed by atoms with van der Waals surface area (Å²) in [6.45, 7) is 3.46. The molecule has 1 N–H and O–H groups in total. The van der Waals surface area contributed by atoms with E-state index in [1.165, 1.54) is 0 Å². The number of carbonyl (C=O) groups excluding carboxylic acids is 1.